The lowest BCUT2D eigenvalue weighted by Gasteiger charge is -1.90. The van der Waals surface area contributed by atoms with E-state index in [0.717, 1.165) is 0 Å². The molecule has 1 N–H and O–H groups in total. The number of carbonyl (C=O) groups is 1. The monoisotopic (exact) mass is 156 g/mol. The molecule has 0 saturated heterocycles. The molecular weight excluding hydrogens is 144 g/mol. The third kappa shape index (κ3) is 6.57. The Bertz CT molecular complexity index is 164. The number of hydrogen-bond donors (Lipinski definition) is 1. The van der Waals surface area contributed by atoms with Crippen LogP contribution in [0.25, 0.3) is 0 Å². The fraction of sp³-hybridized carbons (Fsp3) is 0.429. The van der Waals surface area contributed by atoms with Gasteiger partial charge in [0.25, 0.3) is 0 Å². The zero-order valence-corrected chi connectivity index (χ0v) is 6.70. The van der Waals surface area contributed by atoms with E-state index < -0.39 is 0 Å². The van der Waals surface area contributed by atoms with Gasteiger partial charge in [-0.2, -0.15) is 0 Å². The molecule has 0 unspecified atom stereocenters. The number of methoxy groups -OCH3 is 1. The van der Waals surface area contributed by atoms with E-state index in [1.54, 1.807) is 13.1 Å². The van der Waals surface area contributed by atoms with Gasteiger partial charge in [0.1, 0.15) is 0 Å². The lowest BCUT2D eigenvalue weighted by Crippen LogP contribution is -2.15. The van der Waals surface area contributed by atoms with Gasteiger partial charge in [-0.15, -0.1) is 0 Å². The number of nitrogens with zero attached hydrogens (tertiary/aromatic N) is 1. The molecule has 0 heterocycles. The van der Waals surface area contributed by atoms with Gasteiger partial charge < -0.3 is 10.1 Å². The summed E-state index contributed by atoms with van der Waals surface area (Å²) in [5, 5.41) is 2.48. The van der Waals surface area contributed by atoms with E-state index >= 15 is 0 Å². The average Bonchev–Trinajstić information content (AvgIpc) is 2.04. The summed E-state index contributed by atoms with van der Waals surface area (Å²) in [5.74, 6) is -0.0335. The molecule has 4 nitrogen and oxygen atoms in total. The number of ether oxygens (including phenoxy) is 1. The Morgan fingerprint density at radius 1 is 1.73 bits per heavy atom. The molecule has 1 amide bonds. The van der Waals surface area contributed by atoms with E-state index in [2.05, 4.69) is 15.0 Å². The fourth-order valence-electron chi connectivity index (χ4n) is 0.419. The average molecular weight is 156 g/mol. The number of amides is 1. The largest absolute Gasteiger partial charge is 0.486 e. The highest BCUT2D eigenvalue weighted by molar-refractivity contribution is 5.77. The first-order valence-electron chi connectivity index (χ1n) is 3.21. The fourth-order valence-corrected chi connectivity index (χ4v) is 0.419. The molecule has 0 aliphatic rings. The molecule has 0 aromatic carbocycles. The van der Waals surface area contributed by atoms with Gasteiger partial charge in [-0.1, -0.05) is 6.08 Å². The Labute approximate surface area is 66.0 Å². The number of nitrogens with one attached hydrogen (secondary N) is 1. The van der Waals surface area contributed by atoms with Crippen LogP contribution in [0.3, 0.4) is 0 Å². The molecule has 0 fully saturated rings. The van der Waals surface area contributed by atoms with Gasteiger partial charge in [-0.25, -0.2) is 4.99 Å². The third-order valence-corrected chi connectivity index (χ3v) is 0.940. The summed E-state index contributed by atoms with van der Waals surface area (Å²) in [6, 6.07) is 0. The van der Waals surface area contributed by atoms with Crippen LogP contribution in [-0.4, -0.2) is 26.5 Å². The van der Waals surface area contributed by atoms with E-state index in [1.807, 2.05) is 0 Å². The van der Waals surface area contributed by atoms with Gasteiger partial charge >= 0.3 is 0 Å². The van der Waals surface area contributed by atoms with Crippen molar-refractivity contribution in [2.75, 3.05) is 14.2 Å². The highest BCUT2D eigenvalue weighted by atomic mass is 16.5. The second kappa shape index (κ2) is 6.80. The quantitative estimate of drug-likeness (QED) is 0.470. The van der Waals surface area contributed by atoms with Gasteiger partial charge in [-0.05, 0) is 0 Å². The topological polar surface area (TPSA) is 50.7 Å². The Morgan fingerprint density at radius 2 is 2.45 bits per heavy atom. The lowest BCUT2D eigenvalue weighted by molar-refractivity contribution is -0.119. The predicted molar refractivity (Wildman–Crippen MR) is 43.3 cm³/mol. The number of aliphatic imine (C=N–C) groups is 1. The zero-order valence-electron chi connectivity index (χ0n) is 6.70. The molecule has 0 aliphatic heterocycles. The maximum atomic E-state index is 10.6. The van der Waals surface area contributed by atoms with Crippen LogP contribution in [0.2, 0.25) is 0 Å². The van der Waals surface area contributed by atoms with Crippen molar-refractivity contribution < 1.29 is 9.53 Å². The van der Waals surface area contributed by atoms with Crippen LogP contribution < -0.4 is 5.32 Å². The Hall–Kier alpha value is -1.32. The minimum Gasteiger partial charge on any atom is -0.486 e. The first-order valence-corrected chi connectivity index (χ1v) is 3.21. The van der Waals surface area contributed by atoms with Crippen LogP contribution >= 0.6 is 0 Å². The number of rotatable bonds is 4. The van der Waals surface area contributed by atoms with E-state index in [1.165, 1.54) is 19.7 Å². The molecule has 0 radical (unpaired) electrons. The summed E-state index contributed by atoms with van der Waals surface area (Å²) >= 11 is 0. The second-order valence-electron chi connectivity index (χ2n) is 1.75. The molecule has 0 saturated carbocycles. The zero-order chi connectivity index (χ0) is 8.53. The minimum absolute atomic E-state index is 0.0335. The molecule has 62 valence electrons. The van der Waals surface area contributed by atoms with Gasteiger partial charge in [0, 0.05) is 19.7 Å². The lowest BCUT2D eigenvalue weighted by atomic mass is 10.4. The van der Waals surface area contributed by atoms with Gasteiger partial charge in [0.05, 0.1) is 7.11 Å². The van der Waals surface area contributed by atoms with Crippen LogP contribution in [0, 0.1) is 0 Å². The van der Waals surface area contributed by atoms with Crippen LogP contribution in [0.1, 0.15) is 6.42 Å². The van der Waals surface area contributed by atoms with Crippen LogP contribution in [0.4, 0.5) is 0 Å². The molecule has 0 atom stereocenters. The number of carbonyl (C=O) groups excluding carboxylic acids is 1. The van der Waals surface area contributed by atoms with Crippen LogP contribution in [-0.2, 0) is 9.53 Å². The first-order chi connectivity index (χ1) is 5.31. The third-order valence-electron chi connectivity index (χ3n) is 0.940. The molecule has 11 heavy (non-hydrogen) atoms. The van der Waals surface area contributed by atoms with E-state index in [0.29, 0.717) is 6.42 Å². The molecule has 4 heteroatoms. The molecule has 0 bridgehead atoms. The summed E-state index contributed by atoms with van der Waals surface area (Å²) in [6.07, 6.45) is 4.80. The van der Waals surface area contributed by atoms with Crippen molar-refractivity contribution in [1.82, 2.24) is 5.32 Å². The second-order valence-corrected chi connectivity index (χ2v) is 1.75. The van der Waals surface area contributed by atoms with E-state index in [4.69, 9.17) is 0 Å². The standard InChI is InChI=1S/C7H12N2O2/c1-8-7(10)4-3-5-9-6-11-2/h3,5-6H,4H2,1-2H3,(H,8,10)/b5-3-,9-6+. The highest BCUT2D eigenvalue weighted by Gasteiger charge is 1.89. The predicted octanol–water partition coefficient (Wildman–Crippen LogP) is 0.311. The Balaban J connectivity index is 3.44. The molecule has 0 aliphatic carbocycles. The Morgan fingerprint density at radius 3 is 3.00 bits per heavy atom. The molecule has 0 aromatic rings. The van der Waals surface area contributed by atoms with E-state index in [-0.39, 0.29) is 5.91 Å². The smallest absolute Gasteiger partial charge is 0.223 e. The van der Waals surface area contributed by atoms with Crippen molar-refractivity contribution in [2.45, 2.75) is 6.42 Å². The molecular formula is C7H12N2O2. The highest BCUT2D eigenvalue weighted by Crippen LogP contribution is 1.82. The molecule has 0 rings (SSSR count). The van der Waals surface area contributed by atoms with Gasteiger partial charge in [0.2, 0.25) is 5.91 Å². The molecule has 0 spiro atoms. The minimum atomic E-state index is -0.0335. The number of hydrogen-bond acceptors (Lipinski definition) is 3. The summed E-state index contributed by atoms with van der Waals surface area (Å²) in [4.78, 5) is 14.3. The van der Waals surface area contributed by atoms with Crippen LogP contribution in [0.15, 0.2) is 17.3 Å². The van der Waals surface area contributed by atoms with E-state index in [9.17, 15) is 4.79 Å². The van der Waals surface area contributed by atoms with Crippen molar-refractivity contribution in [3.05, 3.63) is 12.3 Å². The van der Waals surface area contributed by atoms with Crippen molar-refractivity contribution in [3.8, 4) is 0 Å². The maximum Gasteiger partial charge on any atom is 0.223 e. The summed E-state index contributed by atoms with van der Waals surface area (Å²) < 4.78 is 4.53. The van der Waals surface area contributed by atoms with Crippen LogP contribution in [0.5, 0.6) is 0 Å². The van der Waals surface area contributed by atoms with Crippen molar-refractivity contribution in [2.24, 2.45) is 4.99 Å². The summed E-state index contributed by atoms with van der Waals surface area (Å²) in [5.41, 5.74) is 0. The summed E-state index contributed by atoms with van der Waals surface area (Å²) in [6.45, 7) is 0. The summed E-state index contributed by atoms with van der Waals surface area (Å²) in [7, 11) is 3.10. The van der Waals surface area contributed by atoms with Crippen molar-refractivity contribution in [3.63, 3.8) is 0 Å². The SMILES string of the molecule is CNC(=O)C/C=C\N=C\OC. The Kier molecular flexibility index (Phi) is 5.98. The van der Waals surface area contributed by atoms with Gasteiger partial charge in [0.15, 0.2) is 6.40 Å². The first kappa shape index (κ1) is 9.68. The normalized spacial score (nSPS) is 10.7. The van der Waals surface area contributed by atoms with Crippen molar-refractivity contribution in [1.29, 1.82) is 0 Å². The van der Waals surface area contributed by atoms with Gasteiger partial charge in [-0.3, -0.25) is 4.79 Å². The maximum absolute atomic E-state index is 10.6. The molecule has 0 aromatic heterocycles. The van der Waals surface area contributed by atoms with Crippen molar-refractivity contribution >= 4 is 12.3 Å².